The first kappa shape index (κ1) is 27.3. The summed E-state index contributed by atoms with van der Waals surface area (Å²) in [5.41, 5.74) is 3.86. The Hall–Kier alpha value is -3.25. The van der Waals surface area contributed by atoms with Crippen LogP contribution in [-0.4, -0.2) is 41.6 Å². The predicted molar refractivity (Wildman–Crippen MR) is 156 cm³/mol. The van der Waals surface area contributed by atoms with E-state index in [0.29, 0.717) is 18.1 Å². The van der Waals surface area contributed by atoms with Crippen molar-refractivity contribution in [2.75, 3.05) is 6.61 Å². The average Bonchev–Trinajstić information content (AvgIpc) is 3.22. The van der Waals surface area contributed by atoms with Gasteiger partial charge in [-0.3, -0.25) is 4.79 Å². The Morgan fingerprint density at radius 1 is 0.872 bits per heavy atom. The number of ether oxygens (including phenoxy) is 2. The monoisotopic (exact) mass is 543 g/mol. The van der Waals surface area contributed by atoms with Crippen molar-refractivity contribution >= 4 is 23.6 Å². The van der Waals surface area contributed by atoms with Gasteiger partial charge in [0.15, 0.2) is 0 Å². The van der Waals surface area contributed by atoms with Crippen LogP contribution in [0.4, 0.5) is 0 Å². The van der Waals surface area contributed by atoms with Gasteiger partial charge in [-0.25, -0.2) is 4.79 Å². The molecule has 2 bridgehead atoms. The third-order valence-corrected chi connectivity index (χ3v) is 8.83. The number of carbonyl (C=O) groups is 2. The molecule has 0 aliphatic carbocycles. The molecule has 0 aromatic heterocycles. The van der Waals surface area contributed by atoms with Crippen LogP contribution in [0.5, 0.6) is 5.75 Å². The molecule has 0 radical (unpaired) electrons. The molecule has 2 aliphatic rings. The van der Waals surface area contributed by atoms with Crippen molar-refractivity contribution in [2.24, 2.45) is 0 Å². The summed E-state index contributed by atoms with van der Waals surface area (Å²) in [5.74, 6) is 1.97. The SMILES string of the molecule is CCOC(=O)c1ccc(OC2CC3CCC(C2)N3C(=O)c2ccc(CSc3ccc(C(C)C)cc3)cc2)cc1. The predicted octanol–water partition coefficient (Wildman–Crippen LogP) is 7.49. The summed E-state index contributed by atoms with van der Waals surface area (Å²) in [5, 5.41) is 0. The molecule has 2 aliphatic heterocycles. The molecule has 0 saturated carbocycles. The number of fused-ring (bicyclic) bond motifs is 2. The Bertz CT molecular complexity index is 1260. The minimum absolute atomic E-state index is 0.0639. The molecule has 204 valence electrons. The van der Waals surface area contributed by atoms with E-state index in [-0.39, 0.29) is 30.1 Å². The van der Waals surface area contributed by atoms with Crippen molar-refractivity contribution < 1.29 is 19.1 Å². The van der Waals surface area contributed by atoms with Crippen molar-refractivity contribution in [1.82, 2.24) is 4.90 Å². The molecule has 39 heavy (non-hydrogen) atoms. The maximum atomic E-state index is 13.5. The smallest absolute Gasteiger partial charge is 0.338 e. The molecule has 1 amide bonds. The van der Waals surface area contributed by atoms with Gasteiger partial charge in [-0.1, -0.05) is 38.1 Å². The summed E-state index contributed by atoms with van der Waals surface area (Å²) in [7, 11) is 0. The highest BCUT2D eigenvalue weighted by molar-refractivity contribution is 7.98. The molecule has 2 saturated heterocycles. The third-order valence-electron chi connectivity index (χ3n) is 7.75. The van der Waals surface area contributed by atoms with Crippen LogP contribution in [0.25, 0.3) is 0 Å². The van der Waals surface area contributed by atoms with Gasteiger partial charge < -0.3 is 14.4 Å². The van der Waals surface area contributed by atoms with Gasteiger partial charge in [-0.05, 0) is 85.3 Å². The number of piperidine rings is 1. The lowest BCUT2D eigenvalue weighted by Crippen LogP contribution is -2.49. The maximum absolute atomic E-state index is 13.5. The molecule has 2 heterocycles. The van der Waals surface area contributed by atoms with E-state index in [0.717, 1.165) is 42.7 Å². The number of benzene rings is 3. The Labute approximate surface area is 235 Å². The number of amides is 1. The number of rotatable bonds is 9. The van der Waals surface area contributed by atoms with Crippen molar-refractivity contribution in [3.8, 4) is 5.75 Å². The third kappa shape index (κ3) is 6.50. The lowest BCUT2D eigenvalue weighted by Gasteiger charge is -2.39. The molecule has 0 spiro atoms. The topological polar surface area (TPSA) is 55.8 Å². The summed E-state index contributed by atoms with van der Waals surface area (Å²) in [6.45, 7) is 6.57. The molecule has 2 unspecified atom stereocenters. The Kier molecular flexibility index (Phi) is 8.61. The lowest BCUT2D eigenvalue weighted by molar-refractivity contribution is 0.0359. The quantitative estimate of drug-likeness (QED) is 0.207. The van der Waals surface area contributed by atoms with E-state index in [9.17, 15) is 9.59 Å². The van der Waals surface area contributed by atoms with Gasteiger partial charge in [0.05, 0.1) is 12.2 Å². The highest BCUT2D eigenvalue weighted by atomic mass is 32.2. The maximum Gasteiger partial charge on any atom is 0.338 e. The first-order valence-electron chi connectivity index (χ1n) is 14.0. The molecule has 2 fully saturated rings. The van der Waals surface area contributed by atoms with Crippen molar-refractivity contribution in [3.05, 3.63) is 95.1 Å². The van der Waals surface area contributed by atoms with Gasteiger partial charge in [0.25, 0.3) is 5.91 Å². The van der Waals surface area contributed by atoms with Crippen LogP contribution >= 0.6 is 11.8 Å². The average molecular weight is 544 g/mol. The molecular weight excluding hydrogens is 506 g/mol. The van der Waals surface area contributed by atoms with Gasteiger partial charge in [0, 0.05) is 41.1 Å². The minimum atomic E-state index is -0.322. The zero-order valence-electron chi connectivity index (χ0n) is 23.0. The van der Waals surface area contributed by atoms with Crippen LogP contribution in [0.3, 0.4) is 0 Å². The molecule has 5 nitrogen and oxygen atoms in total. The van der Waals surface area contributed by atoms with E-state index < -0.39 is 0 Å². The van der Waals surface area contributed by atoms with Gasteiger partial charge in [0.1, 0.15) is 11.9 Å². The first-order valence-corrected chi connectivity index (χ1v) is 15.0. The summed E-state index contributed by atoms with van der Waals surface area (Å²) in [6, 6.07) is 24.5. The van der Waals surface area contributed by atoms with E-state index in [1.54, 1.807) is 19.1 Å². The molecular formula is C33H37NO4S. The van der Waals surface area contributed by atoms with Gasteiger partial charge in [0.2, 0.25) is 0 Å². The second-order valence-corrected chi connectivity index (χ2v) is 11.8. The lowest BCUT2D eigenvalue weighted by atomic mass is 9.98. The van der Waals surface area contributed by atoms with Crippen LogP contribution < -0.4 is 4.74 Å². The number of thioether (sulfide) groups is 1. The summed E-state index contributed by atoms with van der Waals surface area (Å²) >= 11 is 1.82. The second-order valence-electron chi connectivity index (χ2n) is 10.8. The van der Waals surface area contributed by atoms with Crippen LogP contribution in [0.15, 0.2) is 77.7 Å². The number of esters is 1. The first-order chi connectivity index (χ1) is 18.9. The fourth-order valence-corrected chi connectivity index (χ4v) is 6.49. The summed E-state index contributed by atoms with van der Waals surface area (Å²) < 4.78 is 11.3. The zero-order valence-corrected chi connectivity index (χ0v) is 23.8. The Morgan fingerprint density at radius 3 is 2.08 bits per heavy atom. The Morgan fingerprint density at radius 2 is 1.49 bits per heavy atom. The fraction of sp³-hybridized carbons (Fsp3) is 0.394. The highest BCUT2D eigenvalue weighted by Gasteiger charge is 2.44. The standard InChI is InChI=1S/C33H37NO4S/c1-4-37-33(36)26-9-15-29(16-10-26)38-30-19-27-13-14-28(20-30)34(27)32(35)25-7-5-23(6-8-25)21-39-31-17-11-24(12-18-31)22(2)3/h5-12,15-18,22,27-28,30H,4,13-14,19-21H2,1-3H3. The van der Waals surface area contributed by atoms with Crippen LogP contribution in [0.1, 0.15) is 84.2 Å². The fourth-order valence-electron chi connectivity index (χ4n) is 5.64. The van der Waals surface area contributed by atoms with E-state index in [4.69, 9.17) is 9.47 Å². The molecule has 3 aromatic rings. The van der Waals surface area contributed by atoms with E-state index in [1.807, 2.05) is 36.0 Å². The zero-order chi connectivity index (χ0) is 27.4. The van der Waals surface area contributed by atoms with Crippen LogP contribution in [0.2, 0.25) is 0 Å². The van der Waals surface area contributed by atoms with E-state index >= 15 is 0 Å². The molecule has 5 rings (SSSR count). The van der Waals surface area contributed by atoms with Crippen LogP contribution in [-0.2, 0) is 10.5 Å². The normalized spacial score (nSPS) is 20.2. The summed E-state index contributed by atoms with van der Waals surface area (Å²) in [4.78, 5) is 28.7. The van der Waals surface area contributed by atoms with Crippen molar-refractivity contribution in [3.63, 3.8) is 0 Å². The minimum Gasteiger partial charge on any atom is -0.490 e. The Balaban J connectivity index is 1.15. The number of hydrogen-bond donors (Lipinski definition) is 0. The number of carbonyl (C=O) groups excluding carboxylic acids is 2. The molecule has 6 heteroatoms. The summed E-state index contributed by atoms with van der Waals surface area (Å²) in [6.07, 6.45) is 3.75. The van der Waals surface area contributed by atoms with Gasteiger partial charge in [-0.15, -0.1) is 11.8 Å². The number of hydrogen-bond acceptors (Lipinski definition) is 5. The largest absolute Gasteiger partial charge is 0.490 e. The number of nitrogens with zero attached hydrogens (tertiary/aromatic N) is 1. The molecule has 0 N–H and O–H groups in total. The van der Waals surface area contributed by atoms with Crippen molar-refractivity contribution in [1.29, 1.82) is 0 Å². The van der Waals surface area contributed by atoms with Gasteiger partial charge in [-0.2, -0.15) is 0 Å². The van der Waals surface area contributed by atoms with Crippen molar-refractivity contribution in [2.45, 2.75) is 81.2 Å². The van der Waals surface area contributed by atoms with E-state index in [2.05, 4.69) is 55.1 Å². The second kappa shape index (κ2) is 12.3. The highest BCUT2D eigenvalue weighted by Crippen LogP contribution is 2.38. The van der Waals surface area contributed by atoms with Gasteiger partial charge >= 0.3 is 5.97 Å². The molecule has 3 aromatic carbocycles. The van der Waals surface area contributed by atoms with Crippen LogP contribution in [0, 0.1) is 0 Å². The van der Waals surface area contributed by atoms with E-state index in [1.165, 1.54) is 16.0 Å². The molecule has 2 atom stereocenters.